The molecule has 0 radical (unpaired) electrons. The Labute approximate surface area is 88.4 Å². The summed E-state index contributed by atoms with van der Waals surface area (Å²) >= 11 is 0. The van der Waals surface area contributed by atoms with Crippen LogP contribution in [0.3, 0.4) is 0 Å². The molecule has 0 amide bonds. The second-order valence-electron chi connectivity index (χ2n) is 3.13. The molecule has 0 spiro atoms. The van der Waals surface area contributed by atoms with Crippen molar-refractivity contribution >= 4 is 23.2 Å². The first kappa shape index (κ1) is 9.52. The summed E-state index contributed by atoms with van der Waals surface area (Å²) in [6, 6.07) is 11.8. The molecule has 0 unspecified atom stereocenters. The Balaban J connectivity index is 2.71. The molecule has 1 N–H and O–H groups in total. The molecule has 0 aliphatic carbocycles. The molecule has 3 heteroatoms. The summed E-state index contributed by atoms with van der Waals surface area (Å²) in [6.07, 6.45) is 0. The second kappa shape index (κ2) is 4.00. The molecule has 0 saturated carbocycles. The van der Waals surface area contributed by atoms with Crippen molar-refractivity contribution in [3.05, 3.63) is 36.4 Å². The third-order valence-electron chi connectivity index (χ3n) is 2.30. The summed E-state index contributed by atoms with van der Waals surface area (Å²) in [5.74, 6) is 0.861. The predicted octanol–water partition coefficient (Wildman–Crippen LogP) is 2.88. The van der Waals surface area contributed by atoms with Crippen LogP contribution in [0, 0.1) is 0 Å². The van der Waals surface area contributed by atoms with Gasteiger partial charge in [0.05, 0.1) is 12.8 Å². The van der Waals surface area contributed by atoms with Crippen LogP contribution in [0.5, 0.6) is 5.75 Å². The molecule has 0 fully saturated rings. The van der Waals surface area contributed by atoms with Gasteiger partial charge in [0.15, 0.2) is 0 Å². The molecule has 0 aliphatic rings. The van der Waals surface area contributed by atoms with Crippen LogP contribution in [0.2, 0.25) is 0 Å². The van der Waals surface area contributed by atoms with Crippen LogP contribution in [-0.4, -0.2) is 13.8 Å². The Morgan fingerprint density at radius 2 is 1.87 bits per heavy atom. The van der Waals surface area contributed by atoms with Crippen LogP contribution >= 0.6 is 0 Å². The van der Waals surface area contributed by atoms with Gasteiger partial charge in [0, 0.05) is 17.5 Å². The summed E-state index contributed by atoms with van der Waals surface area (Å²) in [4.78, 5) is 0. The molecule has 76 valence electrons. The summed E-state index contributed by atoms with van der Waals surface area (Å²) in [7, 11) is 1.67. The first-order chi connectivity index (χ1) is 7.36. The summed E-state index contributed by atoms with van der Waals surface area (Å²) < 4.78 is 5.29. The quantitative estimate of drug-likeness (QED) is 0.610. The van der Waals surface area contributed by atoms with E-state index in [0.717, 1.165) is 22.2 Å². The van der Waals surface area contributed by atoms with E-state index in [0.29, 0.717) is 0 Å². The van der Waals surface area contributed by atoms with Gasteiger partial charge >= 0.3 is 0 Å². The second-order valence-corrected chi connectivity index (χ2v) is 3.13. The highest BCUT2D eigenvalue weighted by Crippen LogP contribution is 2.31. The van der Waals surface area contributed by atoms with E-state index in [4.69, 9.17) is 4.74 Å². The van der Waals surface area contributed by atoms with Gasteiger partial charge in [0.2, 0.25) is 0 Å². The van der Waals surface area contributed by atoms with Crippen molar-refractivity contribution in [2.45, 2.75) is 0 Å². The lowest BCUT2D eigenvalue weighted by molar-refractivity contribution is 0.420. The van der Waals surface area contributed by atoms with Crippen LogP contribution in [0.15, 0.2) is 41.5 Å². The maximum Gasteiger partial charge on any atom is 0.126 e. The van der Waals surface area contributed by atoms with E-state index in [9.17, 15) is 0 Å². The highest BCUT2D eigenvalue weighted by atomic mass is 16.5. The van der Waals surface area contributed by atoms with E-state index in [1.165, 1.54) is 0 Å². The number of anilines is 1. The Morgan fingerprint density at radius 3 is 2.53 bits per heavy atom. The van der Waals surface area contributed by atoms with Crippen molar-refractivity contribution in [3.8, 4) is 5.75 Å². The maximum absolute atomic E-state index is 5.29. The third kappa shape index (κ3) is 1.64. The molecular weight excluding hydrogens is 188 g/mol. The number of benzene rings is 2. The van der Waals surface area contributed by atoms with Gasteiger partial charge in [0.25, 0.3) is 0 Å². The van der Waals surface area contributed by atoms with E-state index in [-0.39, 0.29) is 0 Å². The van der Waals surface area contributed by atoms with E-state index in [1.807, 2.05) is 36.4 Å². The van der Waals surface area contributed by atoms with Gasteiger partial charge in [-0.05, 0) is 12.1 Å². The highest BCUT2D eigenvalue weighted by Gasteiger charge is 2.04. The molecule has 2 aromatic carbocycles. The Kier molecular flexibility index (Phi) is 2.54. The topological polar surface area (TPSA) is 33.6 Å². The number of fused-ring (bicyclic) bond motifs is 1. The van der Waals surface area contributed by atoms with Gasteiger partial charge in [-0.3, -0.25) is 5.43 Å². The zero-order chi connectivity index (χ0) is 10.7. The number of ether oxygens (including phenoxy) is 1. The normalized spacial score (nSPS) is 9.93. The van der Waals surface area contributed by atoms with Gasteiger partial charge in [-0.1, -0.05) is 24.3 Å². The molecule has 3 nitrogen and oxygen atoms in total. The first-order valence-corrected chi connectivity index (χ1v) is 4.64. The minimum atomic E-state index is 0.861. The molecule has 0 heterocycles. The molecule has 15 heavy (non-hydrogen) atoms. The van der Waals surface area contributed by atoms with Crippen LogP contribution in [0.4, 0.5) is 5.69 Å². The van der Waals surface area contributed by atoms with Gasteiger partial charge in [-0.25, -0.2) is 0 Å². The maximum atomic E-state index is 5.29. The fourth-order valence-electron chi connectivity index (χ4n) is 1.63. The molecule has 0 atom stereocenters. The zero-order valence-electron chi connectivity index (χ0n) is 8.53. The number of nitrogens with one attached hydrogen (secondary N) is 1. The van der Waals surface area contributed by atoms with E-state index < -0.39 is 0 Å². The summed E-state index contributed by atoms with van der Waals surface area (Å²) in [6.45, 7) is 3.41. The molecule has 0 aliphatic heterocycles. The van der Waals surface area contributed by atoms with E-state index >= 15 is 0 Å². The zero-order valence-corrected chi connectivity index (χ0v) is 8.53. The molecular formula is C12H12N2O. The predicted molar refractivity (Wildman–Crippen MR) is 63.7 cm³/mol. The standard InChI is InChI=1S/C12H12N2O/c1-13-14-11-7-8-12(15-2)10-6-4-3-5-9(10)11/h3-8,14H,1H2,2H3. The number of rotatable bonds is 3. The van der Waals surface area contributed by atoms with Gasteiger partial charge in [-0.2, -0.15) is 5.10 Å². The largest absolute Gasteiger partial charge is 0.496 e. The number of methoxy groups -OCH3 is 1. The van der Waals surface area contributed by atoms with E-state index in [1.54, 1.807) is 7.11 Å². The van der Waals surface area contributed by atoms with Gasteiger partial charge < -0.3 is 4.74 Å². The fraction of sp³-hybridized carbons (Fsp3) is 0.0833. The minimum Gasteiger partial charge on any atom is -0.496 e. The van der Waals surface area contributed by atoms with Crippen molar-refractivity contribution in [2.24, 2.45) is 5.10 Å². The number of hydrazone groups is 1. The van der Waals surface area contributed by atoms with Crippen molar-refractivity contribution in [1.29, 1.82) is 0 Å². The van der Waals surface area contributed by atoms with Gasteiger partial charge in [-0.15, -0.1) is 0 Å². The average Bonchev–Trinajstić information content (AvgIpc) is 2.30. The monoisotopic (exact) mass is 200 g/mol. The first-order valence-electron chi connectivity index (χ1n) is 4.64. The molecule has 0 bridgehead atoms. The molecule has 2 rings (SSSR count). The summed E-state index contributed by atoms with van der Waals surface area (Å²) in [5.41, 5.74) is 3.79. The lowest BCUT2D eigenvalue weighted by Crippen LogP contribution is -1.90. The Morgan fingerprint density at radius 1 is 1.13 bits per heavy atom. The van der Waals surface area contributed by atoms with Crippen LogP contribution in [0.25, 0.3) is 10.8 Å². The van der Waals surface area contributed by atoms with E-state index in [2.05, 4.69) is 17.2 Å². The lowest BCUT2D eigenvalue weighted by atomic mass is 10.1. The minimum absolute atomic E-state index is 0.861. The average molecular weight is 200 g/mol. The van der Waals surface area contributed by atoms with Crippen molar-refractivity contribution in [3.63, 3.8) is 0 Å². The smallest absolute Gasteiger partial charge is 0.126 e. The lowest BCUT2D eigenvalue weighted by Gasteiger charge is -2.09. The molecule has 0 aromatic heterocycles. The SMILES string of the molecule is C=NNc1ccc(OC)c2ccccc12. The van der Waals surface area contributed by atoms with Crippen LogP contribution in [0.1, 0.15) is 0 Å². The number of hydrogen-bond acceptors (Lipinski definition) is 3. The molecule has 2 aromatic rings. The third-order valence-corrected chi connectivity index (χ3v) is 2.30. The van der Waals surface area contributed by atoms with Crippen molar-refractivity contribution in [2.75, 3.05) is 12.5 Å². The van der Waals surface area contributed by atoms with Crippen LogP contribution < -0.4 is 10.2 Å². The summed E-state index contributed by atoms with van der Waals surface area (Å²) in [5, 5.41) is 5.81. The Hall–Kier alpha value is -2.03. The van der Waals surface area contributed by atoms with Crippen molar-refractivity contribution < 1.29 is 4.74 Å². The highest BCUT2D eigenvalue weighted by molar-refractivity contribution is 5.97. The number of nitrogens with zero attached hydrogens (tertiary/aromatic N) is 1. The van der Waals surface area contributed by atoms with Gasteiger partial charge in [0.1, 0.15) is 5.75 Å². The Bertz CT molecular complexity index is 494. The fourth-order valence-corrected chi connectivity index (χ4v) is 1.63. The molecule has 0 saturated heterocycles. The van der Waals surface area contributed by atoms with Crippen molar-refractivity contribution in [1.82, 2.24) is 0 Å². The van der Waals surface area contributed by atoms with Crippen LogP contribution in [-0.2, 0) is 0 Å². The number of hydrogen-bond donors (Lipinski definition) is 1.